The van der Waals surface area contributed by atoms with E-state index in [4.69, 9.17) is 0 Å². The molecule has 6 heteroatoms. The zero-order chi connectivity index (χ0) is 21.7. The number of fused-ring (bicyclic) bond motifs is 1. The quantitative estimate of drug-likeness (QED) is 0.539. The highest BCUT2D eigenvalue weighted by Crippen LogP contribution is 2.38. The molecule has 2 heterocycles. The lowest BCUT2D eigenvalue weighted by Crippen LogP contribution is -2.41. The van der Waals surface area contributed by atoms with E-state index < -0.39 is 0 Å². The van der Waals surface area contributed by atoms with E-state index in [-0.39, 0.29) is 42.5 Å². The Labute approximate surface area is 182 Å². The second-order valence-corrected chi connectivity index (χ2v) is 9.98. The van der Waals surface area contributed by atoms with Gasteiger partial charge in [-0.1, -0.05) is 33.6 Å². The van der Waals surface area contributed by atoms with Crippen molar-refractivity contribution in [3.63, 3.8) is 0 Å². The van der Waals surface area contributed by atoms with Crippen molar-refractivity contribution in [2.75, 3.05) is 39.3 Å². The maximum absolute atomic E-state index is 12.7. The van der Waals surface area contributed by atoms with Crippen molar-refractivity contribution >= 4 is 17.7 Å². The summed E-state index contributed by atoms with van der Waals surface area (Å²) < 4.78 is 0. The molecule has 3 amide bonds. The average molecular weight is 420 g/mol. The highest BCUT2D eigenvalue weighted by Gasteiger charge is 2.47. The van der Waals surface area contributed by atoms with Gasteiger partial charge >= 0.3 is 0 Å². The van der Waals surface area contributed by atoms with E-state index in [1.807, 2.05) is 4.90 Å². The van der Waals surface area contributed by atoms with Crippen molar-refractivity contribution in [3.8, 4) is 0 Å². The van der Waals surface area contributed by atoms with Gasteiger partial charge in [-0.25, -0.2) is 0 Å². The van der Waals surface area contributed by atoms with Crippen LogP contribution in [0.2, 0.25) is 0 Å². The molecule has 30 heavy (non-hydrogen) atoms. The first-order valence-electron chi connectivity index (χ1n) is 12.3. The number of amides is 3. The van der Waals surface area contributed by atoms with Gasteiger partial charge in [-0.2, -0.15) is 0 Å². The highest BCUT2D eigenvalue weighted by molar-refractivity contribution is 6.05. The fourth-order valence-corrected chi connectivity index (χ4v) is 5.55. The van der Waals surface area contributed by atoms with Crippen LogP contribution in [0.15, 0.2) is 0 Å². The Balaban J connectivity index is 1.38. The molecule has 3 rings (SSSR count). The summed E-state index contributed by atoms with van der Waals surface area (Å²) in [5.41, 5.74) is 0. The van der Waals surface area contributed by atoms with Crippen molar-refractivity contribution in [2.24, 2.45) is 23.7 Å². The molecule has 0 aromatic carbocycles. The van der Waals surface area contributed by atoms with Crippen molar-refractivity contribution in [3.05, 3.63) is 0 Å². The van der Waals surface area contributed by atoms with Crippen LogP contribution >= 0.6 is 0 Å². The molecular formula is C24H41N3O3. The molecule has 2 aliphatic heterocycles. The number of imide groups is 1. The van der Waals surface area contributed by atoms with Crippen LogP contribution in [0, 0.1) is 23.7 Å². The number of piperidine rings is 1. The number of likely N-dealkylation sites (tertiary alicyclic amines) is 2. The van der Waals surface area contributed by atoms with E-state index in [2.05, 4.69) is 25.7 Å². The van der Waals surface area contributed by atoms with Crippen LogP contribution in [-0.4, -0.2) is 71.7 Å². The molecule has 0 aromatic heterocycles. The second kappa shape index (κ2) is 10.7. The number of rotatable bonds is 9. The van der Waals surface area contributed by atoms with Gasteiger partial charge < -0.3 is 9.80 Å². The van der Waals surface area contributed by atoms with Crippen LogP contribution in [0.1, 0.15) is 72.1 Å². The lowest BCUT2D eigenvalue weighted by molar-refractivity contribution is -0.141. The Hall–Kier alpha value is -1.43. The van der Waals surface area contributed by atoms with Crippen LogP contribution in [0.25, 0.3) is 0 Å². The average Bonchev–Trinajstić information content (AvgIpc) is 2.99. The lowest BCUT2D eigenvalue weighted by Gasteiger charge is -2.33. The normalized spacial score (nSPS) is 25.5. The molecule has 0 aromatic rings. The minimum Gasteiger partial charge on any atom is -0.343 e. The molecule has 3 aliphatic rings. The zero-order valence-corrected chi connectivity index (χ0v) is 19.3. The molecule has 0 radical (unpaired) electrons. The van der Waals surface area contributed by atoms with E-state index >= 15 is 0 Å². The summed E-state index contributed by atoms with van der Waals surface area (Å²) in [6.07, 6.45) is 7.36. The Kier molecular flexibility index (Phi) is 8.32. The maximum atomic E-state index is 12.7. The van der Waals surface area contributed by atoms with Crippen molar-refractivity contribution < 1.29 is 14.4 Å². The smallest absolute Gasteiger partial charge is 0.233 e. The van der Waals surface area contributed by atoms with Crippen LogP contribution in [0.5, 0.6) is 0 Å². The molecule has 2 atom stereocenters. The number of nitrogens with zero attached hydrogens (tertiary/aromatic N) is 3. The number of carbonyl (C=O) groups excluding carboxylic acids is 3. The van der Waals surface area contributed by atoms with E-state index in [0.29, 0.717) is 11.8 Å². The minimum atomic E-state index is -0.115. The largest absolute Gasteiger partial charge is 0.343 e. The molecule has 0 unspecified atom stereocenters. The molecule has 0 bridgehead atoms. The third kappa shape index (κ3) is 5.63. The summed E-state index contributed by atoms with van der Waals surface area (Å²) in [6.45, 7) is 12.1. The second-order valence-electron chi connectivity index (χ2n) is 9.98. The highest BCUT2D eigenvalue weighted by atomic mass is 16.2. The molecule has 1 saturated carbocycles. The minimum absolute atomic E-state index is 0.0296. The van der Waals surface area contributed by atoms with Gasteiger partial charge in [0.1, 0.15) is 0 Å². The van der Waals surface area contributed by atoms with Gasteiger partial charge in [0.15, 0.2) is 0 Å². The van der Waals surface area contributed by atoms with Gasteiger partial charge in [0.2, 0.25) is 17.7 Å². The molecule has 1 aliphatic carbocycles. The number of hydrogen-bond acceptors (Lipinski definition) is 4. The van der Waals surface area contributed by atoms with Gasteiger partial charge in [0.25, 0.3) is 0 Å². The van der Waals surface area contributed by atoms with Crippen LogP contribution in [0.3, 0.4) is 0 Å². The SMILES string of the molecule is CCN(CCC1CCN(C(=O)CCN2C(=O)[C@@H]3CCCC[C@H]3C2=O)CC1)CC(C)C. The summed E-state index contributed by atoms with van der Waals surface area (Å²) in [7, 11) is 0. The van der Waals surface area contributed by atoms with Crippen LogP contribution < -0.4 is 0 Å². The lowest BCUT2D eigenvalue weighted by atomic mass is 9.81. The fourth-order valence-electron chi connectivity index (χ4n) is 5.55. The van der Waals surface area contributed by atoms with Crippen molar-refractivity contribution in [1.29, 1.82) is 0 Å². The fraction of sp³-hybridized carbons (Fsp3) is 0.875. The third-order valence-electron chi connectivity index (χ3n) is 7.37. The zero-order valence-electron chi connectivity index (χ0n) is 19.3. The summed E-state index contributed by atoms with van der Waals surface area (Å²) in [5, 5.41) is 0. The first-order chi connectivity index (χ1) is 14.4. The van der Waals surface area contributed by atoms with Gasteiger partial charge in [-0.15, -0.1) is 0 Å². The maximum Gasteiger partial charge on any atom is 0.233 e. The summed E-state index contributed by atoms with van der Waals surface area (Å²) >= 11 is 0. The number of hydrogen-bond donors (Lipinski definition) is 0. The molecule has 6 nitrogen and oxygen atoms in total. The molecule has 0 spiro atoms. The van der Waals surface area contributed by atoms with Crippen molar-refractivity contribution in [1.82, 2.24) is 14.7 Å². The van der Waals surface area contributed by atoms with Crippen LogP contribution in [-0.2, 0) is 14.4 Å². The standard InChI is InChI=1S/C24H41N3O3/c1-4-25(17-18(2)3)13-9-19-10-14-26(15-11-19)22(28)12-16-27-23(29)20-7-5-6-8-21(20)24(27)30/h18-21H,4-17H2,1-3H3/t20-,21-/m1/s1. The molecular weight excluding hydrogens is 378 g/mol. The Morgan fingerprint density at radius 2 is 1.63 bits per heavy atom. The van der Waals surface area contributed by atoms with Gasteiger partial charge in [0.05, 0.1) is 11.8 Å². The molecule has 3 fully saturated rings. The predicted octanol–water partition coefficient (Wildman–Crippen LogP) is 3.16. The van der Waals surface area contributed by atoms with E-state index in [1.54, 1.807) is 0 Å². The van der Waals surface area contributed by atoms with Crippen molar-refractivity contribution in [2.45, 2.75) is 72.1 Å². The number of carbonyl (C=O) groups is 3. The monoisotopic (exact) mass is 419 g/mol. The third-order valence-corrected chi connectivity index (χ3v) is 7.37. The van der Waals surface area contributed by atoms with Gasteiger partial charge in [-0.05, 0) is 57.0 Å². The molecule has 2 saturated heterocycles. The first-order valence-corrected chi connectivity index (χ1v) is 12.3. The Morgan fingerprint density at radius 1 is 1.03 bits per heavy atom. The molecule has 170 valence electrons. The summed E-state index contributed by atoms with van der Waals surface area (Å²) in [5.74, 6) is 1.20. The summed E-state index contributed by atoms with van der Waals surface area (Å²) in [6, 6.07) is 0. The van der Waals surface area contributed by atoms with E-state index in [9.17, 15) is 14.4 Å². The first kappa shape index (κ1) is 23.2. The van der Waals surface area contributed by atoms with E-state index in [1.165, 1.54) is 11.3 Å². The molecule has 0 N–H and O–H groups in total. The topological polar surface area (TPSA) is 60.9 Å². The Bertz CT molecular complexity index is 589. The van der Waals surface area contributed by atoms with Crippen LogP contribution in [0.4, 0.5) is 0 Å². The predicted molar refractivity (Wildman–Crippen MR) is 118 cm³/mol. The Morgan fingerprint density at radius 3 is 2.17 bits per heavy atom. The summed E-state index contributed by atoms with van der Waals surface area (Å²) in [4.78, 5) is 43.7. The van der Waals surface area contributed by atoms with Gasteiger partial charge in [0, 0.05) is 32.6 Å². The van der Waals surface area contributed by atoms with Gasteiger partial charge in [-0.3, -0.25) is 19.3 Å². The van der Waals surface area contributed by atoms with E-state index in [0.717, 1.165) is 71.2 Å².